The van der Waals surface area contributed by atoms with Crippen LogP contribution in [0.1, 0.15) is 23.6 Å². The van der Waals surface area contributed by atoms with Crippen LogP contribution in [0.4, 0.5) is 17.6 Å². The maximum Gasteiger partial charge on any atom is 0.416 e. The molecule has 0 spiro atoms. The fourth-order valence-electron chi connectivity index (χ4n) is 2.63. The smallest absolute Gasteiger partial charge is 0.330 e. The Morgan fingerprint density at radius 2 is 2.00 bits per heavy atom. The molecule has 1 aromatic rings. The summed E-state index contributed by atoms with van der Waals surface area (Å²) in [5.41, 5.74) is 5.01. The number of likely N-dealkylation sites (tertiary alicyclic amines) is 1. The van der Waals surface area contributed by atoms with Crippen LogP contribution in [0.25, 0.3) is 0 Å². The molecule has 1 heterocycles. The summed E-state index contributed by atoms with van der Waals surface area (Å²) in [6.45, 7) is 1.21. The number of halogens is 4. The van der Waals surface area contributed by atoms with Crippen molar-refractivity contribution in [1.29, 1.82) is 0 Å². The van der Waals surface area contributed by atoms with Gasteiger partial charge in [-0.3, -0.25) is 4.90 Å². The lowest BCUT2D eigenvalue weighted by atomic mass is 9.98. The maximum atomic E-state index is 13.4. The van der Waals surface area contributed by atoms with Gasteiger partial charge in [-0.05, 0) is 49.7 Å². The summed E-state index contributed by atoms with van der Waals surface area (Å²) in [7, 11) is 1.82. The highest BCUT2D eigenvalue weighted by Crippen LogP contribution is 2.37. The van der Waals surface area contributed by atoms with Crippen LogP contribution in [0.2, 0.25) is 0 Å². The number of benzene rings is 1. The molecule has 1 aliphatic rings. The summed E-state index contributed by atoms with van der Waals surface area (Å²) in [6.07, 6.45) is -3.87. The van der Waals surface area contributed by atoms with Gasteiger partial charge in [0.05, 0.1) is 5.56 Å². The van der Waals surface area contributed by atoms with Gasteiger partial charge in [0.15, 0.2) is 0 Å². The van der Waals surface area contributed by atoms with Gasteiger partial charge >= 0.3 is 6.18 Å². The van der Waals surface area contributed by atoms with E-state index in [2.05, 4.69) is 0 Å². The molecule has 2 N–H and O–H groups in total. The van der Waals surface area contributed by atoms with Gasteiger partial charge in [0, 0.05) is 12.6 Å². The normalized spacial score (nSPS) is 24.9. The Morgan fingerprint density at radius 3 is 2.53 bits per heavy atom. The highest BCUT2D eigenvalue weighted by Gasteiger charge is 2.34. The van der Waals surface area contributed by atoms with E-state index in [9.17, 15) is 17.6 Å². The van der Waals surface area contributed by atoms with Crippen LogP contribution < -0.4 is 5.73 Å². The van der Waals surface area contributed by atoms with Crippen molar-refractivity contribution in [2.45, 2.75) is 18.6 Å². The third kappa shape index (κ3) is 3.06. The second-order valence-electron chi connectivity index (χ2n) is 5.06. The minimum absolute atomic E-state index is 0.203. The van der Waals surface area contributed by atoms with E-state index in [-0.39, 0.29) is 12.0 Å². The topological polar surface area (TPSA) is 29.3 Å². The van der Waals surface area contributed by atoms with Crippen molar-refractivity contribution in [3.05, 3.63) is 35.1 Å². The third-order valence-corrected chi connectivity index (χ3v) is 3.60. The Morgan fingerprint density at radius 1 is 1.32 bits per heavy atom. The van der Waals surface area contributed by atoms with Crippen LogP contribution in [-0.2, 0) is 6.18 Å². The Labute approximate surface area is 109 Å². The van der Waals surface area contributed by atoms with Crippen molar-refractivity contribution in [2.24, 2.45) is 11.7 Å². The number of rotatable bonds is 2. The van der Waals surface area contributed by atoms with E-state index in [1.165, 1.54) is 6.07 Å². The highest BCUT2D eigenvalue weighted by atomic mass is 19.4. The second kappa shape index (κ2) is 5.09. The Kier molecular flexibility index (Phi) is 3.82. The van der Waals surface area contributed by atoms with E-state index in [4.69, 9.17) is 5.73 Å². The lowest BCUT2D eigenvalue weighted by Gasteiger charge is -2.21. The van der Waals surface area contributed by atoms with Crippen LogP contribution in [0.5, 0.6) is 0 Å². The van der Waals surface area contributed by atoms with Gasteiger partial charge in [-0.2, -0.15) is 13.2 Å². The van der Waals surface area contributed by atoms with Crippen molar-refractivity contribution in [1.82, 2.24) is 4.90 Å². The zero-order valence-electron chi connectivity index (χ0n) is 10.5. The molecule has 2 nitrogen and oxygen atoms in total. The van der Waals surface area contributed by atoms with Crippen molar-refractivity contribution >= 4 is 0 Å². The van der Waals surface area contributed by atoms with E-state index in [1.54, 1.807) is 0 Å². The molecule has 19 heavy (non-hydrogen) atoms. The molecule has 1 aliphatic heterocycles. The van der Waals surface area contributed by atoms with E-state index in [0.29, 0.717) is 24.6 Å². The van der Waals surface area contributed by atoms with Gasteiger partial charge in [-0.1, -0.05) is 0 Å². The molecule has 2 rings (SSSR count). The van der Waals surface area contributed by atoms with Crippen LogP contribution in [0, 0.1) is 11.7 Å². The molecule has 0 amide bonds. The zero-order chi connectivity index (χ0) is 14.2. The molecule has 2 unspecified atom stereocenters. The van der Waals surface area contributed by atoms with Crippen molar-refractivity contribution in [3.8, 4) is 0 Å². The summed E-state index contributed by atoms with van der Waals surface area (Å²) in [4.78, 5) is 1.92. The fourth-order valence-corrected chi connectivity index (χ4v) is 2.63. The summed E-state index contributed by atoms with van der Waals surface area (Å²) < 4.78 is 51.4. The van der Waals surface area contributed by atoms with E-state index in [1.807, 2.05) is 11.9 Å². The van der Waals surface area contributed by atoms with Crippen LogP contribution in [-0.4, -0.2) is 25.0 Å². The van der Waals surface area contributed by atoms with Crippen LogP contribution in [0.15, 0.2) is 18.2 Å². The SMILES string of the molecule is CN1CC(CN)CC1c1cc(F)cc(C(F)(F)F)c1. The number of hydrogen-bond acceptors (Lipinski definition) is 2. The Hall–Kier alpha value is -1.14. The van der Waals surface area contributed by atoms with Gasteiger partial charge in [0.25, 0.3) is 0 Å². The van der Waals surface area contributed by atoms with Gasteiger partial charge in [0.2, 0.25) is 0 Å². The van der Waals surface area contributed by atoms with Crippen molar-refractivity contribution < 1.29 is 17.6 Å². The molecule has 0 saturated carbocycles. The molecule has 1 fully saturated rings. The summed E-state index contributed by atoms with van der Waals surface area (Å²) in [5.74, 6) is -0.609. The average molecular weight is 276 g/mol. The largest absolute Gasteiger partial charge is 0.416 e. The van der Waals surface area contributed by atoms with Crippen molar-refractivity contribution in [2.75, 3.05) is 20.1 Å². The molecule has 2 atom stereocenters. The first kappa shape index (κ1) is 14.3. The first-order chi connectivity index (χ1) is 8.81. The number of alkyl halides is 3. The monoisotopic (exact) mass is 276 g/mol. The Balaban J connectivity index is 2.33. The quantitative estimate of drug-likeness (QED) is 0.842. The molecule has 106 valence electrons. The molecule has 1 aromatic carbocycles. The van der Waals surface area contributed by atoms with Gasteiger partial charge in [-0.25, -0.2) is 4.39 Å². The van der Waals surface area contributed by atoms with Gasteiger partial charge in [0.1, 0.15) is 5.82 Å². The molecule has 0 bridgehead atoms. The highest BCUT2D eigenvalue weighted by molar-refractivity contribution is 5.29. The van der Waals surface area contributed by atoms with E-state index < -0.39 is 17.6 Å². The molecule has 1 saturated heterocycles. The zero-order valence-corrected chi connectivity index (χ0v) is 10.5. The van der Waals surface area contributed by atoms with Gasteiger partial charge in [-0.15, -0.1) is 0 Å². The summed E-state index contributed by atoms with van der Waals surface area (Å²) >= 11 is 0. The predicted octanol–water partition coefficient (Wildman–Crippen LogP) is 2.80. The fraction of sp³-hybridized carbons (Fsp3) is 0.538. The minimum Gasteiger partial charge on any atom is -0.330 e. The molecule has 0 aliphatic carbocycles. The summed E-state index contributed by atoms with van der Waals surface area (Å²) in [6, 6.07) is 2.53. The standard InChI is InChI=1S/C13H16F4N2/c1-19-7-8(6-18)2-12(19)9-3-10(13(15,16)17)5-11(14)4-9/h3-5,8,12H,2,6-7,18H2,1H3. The Bertz CT molecular complexity index is 458. The molecule has 0 radical (unpaired) electrons. The molecule has 6 heteroatoms. The minimum atomic E-state index is -4.53. The number of hydrogen-bond donors (Lipinski definition) is 1. The predicted molar refractivity (Wildman–Crippen MR) is 63.9 cm³/mol. The number of nitrogens with two attached hydrogens (primary N) is 1. The summed E-state index contributed by atoms with van der Waals surface area (Å²) in [5, 5.41) is 0. The van der Waals surface area contributed by atoms with Crippen LogP contribution >= 0.6 is 0 Å². The van der Waals surface area contributed by atoms with Crippen LogP contribution in [0.3, 0.4) is 0 Å². The maximum absolute atomic E-state index is 13.4. The lowest BCUT2D eigenvalue weighted by Crippen LogP contribution is -2.21. The lowest BCUT2D eigenvalue weighted by molar-refractivity contribution is -0.137. The first-order valence-corrected chi connectivity index (χ1v) is 6.09. The number of nitrogens with zero attached hydrogens (tertiary/aromatic N) is 1. The van der Waals surface area contributed by atoms with E-state index in [0.717, 1.165) is 12.6 Å². The molecule has 0 aromatic heterocycles. The van der Waals surface area contributed by atoms with Crippen molar-refractivity contribution in [3.63, 3.8) is 0 Å². The third-order valence-electron chi connectivity index (χ3n) is 3.60. The second-order valence-corrected chi connectivity index (χ2v) is 5.06. The molecular weight excluding hydrogens is 260 g/mol. The molecular formula is C13H16F4N2. The van der Waals surface area contributed by atoms with Gasteiger partial charge < -0.3 is 5.73 Å². The van der Waals surface area contributed by atoms with E-state index >= 15 is 0 Å². The average Bonchev–Trinajstić information content (AvgIpc) is 2.68. The first-order valence-electron chi connectivity index (χ1n) is 6.09.